The number of halogens is 3. The lowest BCUT2D eigenvalue weighted by molar-refractivity contribution is -0.132. The minimum absolute atomic E-state index is 0.366. The lowest BCUT2D eigenvalue weighted by atomic mass is 10.2. The third-order valence-electron chi connectivity index (χ3n) is 1.77. The molecule has 1 aromatic carbocycles. The molecule has 0 aromatic heterocycles. The Hall–Kier alpha value is -0.410. The van der Waals surface area contributed by atoms with E-state index in [1.807, 2.05) is 22.6 Å². The first-order chi connectivity index (χ1) is 8.31. The fourth-order valence-corrected chi connectivity index (χ4v) is 3.06. The van der Waals surface area contributed by atoms with Crippen LogP contribution in [-0.2, 0) is 9.59 Å². The van der Waals surface area contributed by atoms with E-state index in [2.05, 4.69) is 31.9 Å². The van der Waals surface area contributed by atoms with Gasteiger partial charge in [-0.25, -0.2) is 4.79 Å². The second-order valence-corrected chi connectivity index (χ2v) is 6.06. The maximum absolute atomic E-state index is 10.9. The van der Waals surface area contributed by atoms with E-state index in [-0.39, 0.29) is 0 Å². The van der Waals surface area contributed by atoms with Crippen molar-refractivity contribution in [2.75, 3.05) is 0 Å². The van der Waals surface area contributed by atoms with Crippen LogP contribution in [0.1, 0.15) is 12.5 Å². The molecular formula is C11H7Br2IO4. The van der Waals surface area contributed by atoms with Gasteiger partial charge in [-0.2, -0.15) is 0 Å². The van der Waals surface area contributed by atoms with Crippen molar-refractivity contribution in [3.8, 4) is 5.75 Å². The number of carboxylic acids is 1. The number of esters is 1. The van der Waals surface area contributed by atoms with Crippen LogP contribution in [0.5, 0.6) is 5.75 Å². The topological polar surface area (TPSA) is 63.6 Å². The number of hydrogen-bond donors (Lipinski definition) is 1. The van der Waals surface area contributed by atoms with Gasteiger partial charge in [0.25, 0.3) is 0 Å². The van der Waals surface area contributed by atoms with Crippen molar-refractivity contribution < 1.29 is 19.4 Å². The number of carbonyl (C=O) groups excluding carboxylic acids is 1. The summed E-state index contributed by atoms with van der Waals surface area (Å²) in [4.78, 5) is 21.5. The van der Waals surface area contributed by atoms with Gasteiger partial charge in [-0.05, 0) is 72.1 Å². The molecule has 0 radical (unpaired) electrons. The summed E-state index contributed by atoms with van der Waals surface area (Å²) in [5.41, 5.74) is 0.702. The molecule has 0 heterocycles. The predicted molar refractivity (Wildman–Crippen MR) is 82.8 cm³/mol. The third kappa shape index (κ3) is 4.36. The standard InChI is InChI=1S/C11H7Br2IO4/c1-5(15)18-11-7(12)2-6(3-8(11)13)9(14)4-10(16)17/h2-4H,1H3,(H,16,17)/b9-4-. The highest BCUT2D eigenvalue weighted by molar-refractivity contribution is 14.1. The van der Waals surface area contributed by atoms with Gasteiger partial charge in [-0.15, -0.1) is 0 Å². The van der Waals surface area contributed by atoms with Crippen LogP contribution in [0.25, 0.3) is 3.58 Å². The monoisotopic (exact) mass is 488 g/mol. The smallest absolute Gasteiger partial charge is 0.329 e. The molecule has 96 valence electrons. The molecule has 0 bridgehead atoms. The Kier molecular flexibility index (Phi) is 5.80. The van der Waals surface area contributed by atoms with Crippen molar-refractivity contribution in [3.05, 3.63) is 32.7 Å². The second kappa shape index (κ2) is 6.67. The van der Waals surface area contributed by atoms with E-state index in [0.29, 0.717) is 23.8 Å². The molecule has 18 heavy (non-hydrogen) atoms. The molecule has 0 fully saturated rings. The third-order valence-corrected chi connectivity index (χ3v) is 3.88. The van der Waals surface area contributed by atoms with Crippen LogP contribution in [0.3, 0.4) is 0 Å². The predicted octanol–water partition coefficient (Wildman–Crippen LogP) is 4.00. The van der Waals surface area contributed by atoms with Crippen molar-refractivity contribution in [1.29, 1.82) is 0 Å². The van der Waals surface area contributed by atoms with Crippen molar-refractivity contribution >= 4 is 70.0 Å². The molecule has 0 spiro atoms. The zero-order valence-corrected chi connectivity index (χ0v) is 14.4. The van der Waals surface area contributed by atoms with Crippen molar-refractivity contribution in [1.82, 2.24) is 0 Å². The Labute approximate surface area is 134 Å². The van der Waals surface area contributed by atoms with E-state index in [9.17, 15) is 9.59 Å². The Bertz CT molecular complexity index is 517. The largest absolute Gasteiger partial charge is 0.478 e. The molecule has 4 nitrogen and oxygen atoms in total. The van der Waals surface area contributed by atoms with E-state index < -0.39 is 11.9 Å². The number of carbonyl (C=O) groups is 2. The van der Waals surface area contributed by atoms with Gasteiger partial charge in [-0.3, -0.25) is 4.79 Å². The quantitative estimate of drug-likeness (QED) is 0.302. The highest BCUT2D eigenvalue weighted by atomic mass is 127. The summed E-state index contributed by atoms with van der Waals surface area (Å²) in [5.74, 6) is -1.08. The molecule has 0 atom stereocenters. The van der Waals surface area contributed by atoms with Crippen LogP contribution >= 0.6 is 54.5 Å². The minimum Gasteiger partial charge on any atom is -0.478 e. The van der Waals surface area contributed by atoms with Crippen LogP contribution in [0.2, 0.25) is 0 Å². The van der Waals surface area contributed by atoms with E-state index in [1.54, 1.807) is 12.1 Å². The molecule has 0 aliphatic carbocycles. The summed E-state index contributed by atoms with van der Waals surface area (Å²) in [7, 11) is 0. The van der Waals surface area contributed by atoms with Gasteiger partial charge in [0.15, 0.2) is 5.75 Å². The fraction of sp³-hybridized carbons (Fsp3) is 0.0909. The van der Waals surface area contributed by atoms with Gasteiger partial charge in [0.05, 0.1) is 8.95 Å². The molecule has 0 unspecified atom stereocenters. The van der Waals surface area contributed by atoms with Crippen LogP contribution in [0.15, 0.2) is 27.2 Å². The number of hydrogen-bond acceptors (Lipinski definition) is 3. The Morgan fingerprint density at radius 2 is 1.83 bits per heavy atom. The van der Waals surface area contributed by atoms with Crippen LogP contribution < -0.4 is 4.74 Å². The maximum Gasteiger partial charge on any atom is 0.329 e. The number of ether oxygens (including phenoxy) is 1. The molecule has 0 saturated heterocycles. The van der Waals surface area contributed by atoms with Gasteiger partial charge in [0.1, 0.15) is 0 Å². The molecule has 7 heteroatoms. The molecule has 0 amide bonds. The van der Waals surface area contributed by atoms with Gasteiger partial charge in [0, 0.05) is 16.6 Å². The molecular weight excluding hydrogens is 483 g/mol. The highest BCUT2D eigenvalue weighted by Crippen LogP contribution is 2.37. The Morgan fingerprint density at radius 3 is 2.22 bits per heavy atom. The van der Waals surface area contributed by atoms with Crippen molar-refractivity contribution in [2.45, 2.75) is 6.92 Å². The molecule has 1 rings (SSSR count). The normalized spacial score (nSPS) is 11.2. The summed E-state index contributed by atoms with van der Waals surface area (Å²) >= 11 is 8.48. The van der Waals surface area contributed by atoms with Gasteiger partial charge in [-0.1, -0.05) is 0 Å². The minimum atomic E-state index is -1.02. The summed E-state index contributed by atoms with van der Waals surface area (Å²) in [6.45, 7) is 1.31. The lowest BCUT2D eigenvalue weighted by Gasteiger charge is -2.09. The first-order valence-electron chi connectivity index (χ1n) is 4.59. The van der Waals surface area contributed by atoms with E-state index in [1.165, 1.54) is 6.92 Å². The highest BCUT2D eigenvalue weighted by Gasteiger charge is 2.12. The zero-order valence-electron chi connectivity index (χ0n) is 9.04. The SMILES string of the molecule is CC(=O)Oc1c(Br)cc(/C(I)=C/C(=O)O)cc1Br. The van der Waals surface area contributed by atoms with Gasteiger partial charge < -0.3 is 9.84 Å². The van der Waals surface area contributed by atoms with Crippen molar-refractivity contribution in [3.63, 3.8) is 0 Å². The number of rotatable bonds is 3. The van der Waals surface area contributed by atoms with Crippen LogP contribution in [0.4, 0.5) is 0 Å². The summed E-state index contributed by atoms with van der Waals surface area (Å²) < 4.78 is 6.72. The molecule has 0 aliphatic rings. The lowest BCUT2D eigenvalue weighted by Crippen LogP contribution is -2.03. The van der Waals surface area contributed by atoms with Crippen molar-refractivity contribution in [2.24, 2.45) is 0 Å². The molecule has 0 aliphatic heterocycles. The average Bonchev–Trinajstić information content (AvgIpc) is 2.21. The van der Waals surface area contributed by atoms with Gasteiger partial charge in [0.2, 0.25) is 0 Å². The molecule has 1 N–H and O–H groups in total. The number of aliphatic carboxylic acids is 1. The first kappa shape index (κ1) is 15.6. The van der Waals surface area contributed by atoms with Crippen LogP contribution in [0, 0.1) is 0 Å². The summed E-state index contributed by atoms with van der Waals surface area (Å²) in [6.07, 6.45) is 1.10. The zero-order chi connectivity index (χ0) is 13.9. The summed E-state index contributed by atoms with van der Waals surface area (Å²) in [6, 6.07) is 3.37. The average molecular weight is 490 g/mol. The van der Waals surface area contributed by atoms with E-state index >= 15 is 0 Å². The summed E-state index contributed by atoms with van der Waals surface area (Å²) in [5, 5.41) is 8.68. The fourth-order valence-electron chi connectivity index (χ4n) is 1.13. The second-order valence-electron chi connectivity index (χ2n) is 3.19. The van der Waals surface area contributed by atoms with E-state index in [0.717, 1.165) is 6.08 Å². The molecule has 0 saturated carbocycles. The van der Waals surface area contributed by atoms with Gasteiger partial charge >= 0.3 is 11.9 Å². The Balaban J connectivity index is 3.22. The Morgan fingerprint density at radius 1 is 1.33 bits per heavy atom. The first-order valence-corrected chi connectivity index (χ1v) is 7.25. The molecule has 1 aromatic rings. The van der Waals surface area contributed by atoms with Crippen LogP contribution in [-0.4, -0.2) is 17.0 Å². The van der Waals surface area contributed by atoms with E-state index in [4.69, 9.17) is 9.84 Å². The number of benzene rings is 1. The number of carboxylic acid groups (broad SMARTS) is 1. The maximum atomic E-state index is 10.9.